The molecule has 0 aliphatic rings. The first-order valence-corrected chi connectivity index (χ1v) is 5.19. The van der Waals surface area contributed by atoms with Crippen molar-refractivity contribution < 1.29 is 5.11 Å². The Morgan fingerprint density at radius 3 is 2.21 bits per heavy atom. The maximum atomic E-state index is 9.95. The van der Waals surface area contributed by atoms with Crippen molar-refractivity contribution in [2.75, 3.05) is 0 Å². The molecule has 0 aromatic heterocycles. The molecule has 1 aromatic carbocycles. The third-order valence-corrected chi connectivity index (χ3v) is 2.58. The standard InChI is InChI=1S/C13H20O/c1-6-10-7-9(2)12(14)11(8-10)13(3,4)5/h7-8,14H,6H2,1-5H3. The van der Waals surface area contributed by atoms with E-state index in [4.69, 9.17) is 0 Å². The molecule has 0 saturated carbocycles. The number of rotatable bonds is 1. The average Bonchev–Trinajstić information content (AvgIpc) is 2.07. The molecule has 0 fully saturated rings. The van der Waals surface area contributed by atoms with Crippen LogP contribution in [0.2, 0.25) is 0 Å². The molecule has 0 atom stereocenters. The van der Waals surface area contributed by atoms with Crippen LogP contribution in [0.25, 0.3) is 0 Å². The SMILES string of the molecule is CCc1cc(C)c(O)c(C(C)(C)C)c1. The van der Waals surface area contributed by atoms with Crippen LogP contribution >= 0.6 is 0 Å². The Bertz CT molecular complexity index is 332. The van der Waals surface area contributed by atoms with Crippen LogP contribution in [-0.4, -0.2) is 5.11 Å². The third-order valence-electron chi connectivity index (χ3n) is 2.58. The van der Waals surface area contributed by atoms with Gasteiger partial charge in [0.25, 0.3) is 0 Å². The summed E-state index contributed by atoms with van der Waals surface area (Å²) in [7, 11) is 0. The minimum atomic E-state index is 0.0139. The van der Waals surface area contributed by atoms with Gasteiger partial charge in [0.2, 0.25) is 0 Å². The van der Waals surface area contributed by atoms with E-state index in [1.165, 1.54) is 5.56 Å². The van der Waals surface area contributed by atoms with Gasteiger partial charge in [0.05, 0.1) is 0 Å². The molecule has 0 heterocycles. The Hall–Kier alpha value is -0.980. The lowest BCUT2D eigenvalue weighted by molar-refractivity contribution is 0.442. The molecule has 14 heavy (non-hydrogen) atoms. The van der Waals surface area contributed by atoms with Crippen LogP contribution in [-0.2, 0) is 11.8 Å². The van der Waals surface area contributed by atoms with Gasteiger partial charge in [-0.2, -0.15) is 0 Å². The van der Waals surface area contributed by atoms with E-state index < -0.39 is 0 Å². The van der Waals surface area contributed by atoms with E-state index in [2.05, 4.69) is 39.8 Å². The van der Waals surface area contributed by atoms with Gasteiger partial charge in [0, 0.05) is 0 Å². The second-order valence-electron chi connectivity index (χ2n) is 4.91. The summed E-state index contributed by atoms with van der Waals surface area (Å²) in [6.07, 6.45) is 1.02. The summed E-state index contributed by atoms with van der Waals surface area (Å²) in [6.45, 7) is 10.5. The van der Waals surface area contributed by atoms with E-state index in [9.17, 15) is 5.11 Å². The highest BCUT2D eigenvalue weighted by Crippen LogP contribution is 2.34. The number of aromatic hydroxyl groups is 1. The Kier molecular flexibility index (Phi) is 2.89. The van der Waals surface area contributed by atoms with E-state index in [-0.39, 0.29) is 5.41 Å². The lowest BCUT2D eigenvalue weighted by Crippen LogP contribution is -2.12. The van der Waals surface area contributed by atoms with Gasteiger partial charge in [0.1, 0.15) is 5.75 Å². The summed E-state index contributed by atoms with van der Waals surface area (Å²) >= 11 is 0. The molecule has 0 aliphatic heterocycles. The van der Waals surface area contributed by atoms with Crippen molar-refractivity contribution in [2.45, 2.75) is 46.5 Å². The van der Waals surface area contributed by atoms with Crippen LogP contribution in [0.1, 0.15) is 44.4 Å². The van der Waals surface area contributed by atoms with Gasteiger partial charge >= 0.3 is 0 Å². The van der Waals surface area contributed by atoms with E-state index in [1.54, 1.807) is 0 Å². The number of benzene rings is 1. The molecule has 0 spiro atoms. The van der Waals surface area contributed by atoms with Crippen molar-refractivity contribution in [3.8, 4) is 5.75 Å². The van der Waals surface area contributed by atoms with E-state index in [0.717, 1.165) is 17.5 Å². The summed E-state index contributed by atoms with van der Waals surface area (Å²) in [6, 6.07) is 4.17. The van der Waals surface area contributed by atoms with Crippen LogP contribution < -0.4 is 0 Å². The van der Waals surface area contributed by atoms with Crippen molar-refractivity contribution in [1.82, 2.24) is 0 Å². The maximum absolute atomic E-state index is 9.95. The second kappa shape index (κ2) is 3.64. The Morgan fingerprint density at radius 1 is 1.21 bits per heavy atom. The largest absolute Gasteiger partial charge is 0.507 e. The van der Waals surface area contributed by atoms with Crippen LogP contribution in [0.15, 0.2) is 12.1 Å². The lowest BCUT2D eigenvalue weighted by Gasteiger charge is -2.22. The predicted octanol–water partition coefficient (Wildman–Crippen LogP) is 3.56. The molecule has 0 saturated heterocycles. The van der Waals surface area contributed by atoms with Gasteiger partial charge in [-0.3, -0.25) is 0 Å². The van der Waals surface area contributed by atoms with E-state index >= 15 is 0 Å². The number of hydrogen-bond donors (Lipinski definition) is 1. The summed E-state index contributed by atoms with van der Waals surface area (Å²) in [5, 5.41) is 9.95. The Balaban J connectivity index is 3.35. The zero-order valence-corrected chi connectivity index (χ0v) is 9.81. The quantitative estimate of drug-likeness (QED) is 0.721. The zero-order chi connectivity index (χ0) is 10.9. The summed E-state index contributed by atoms with van der Waals surface area (Å²) < 4.78 is 0. The summed E-state index contributed by atoms with van der Waals surface area (Å²) in [5.41, 5.74) is 3.34. The van der Waals surface area contributed by atoms with Crippen LogP contribution in [0, 0.1) is 6.92 Å². The van der Waals surface area contributed by atoms with Crippen molar-refractivity contribution in [1.29, 1.82) is 0 Å². The van der Waals surface area contributed by atoms with Gasteiger partial charge in [-0.05, 0) is 35.4 Å². The molecule has 1 rings (SSSR count). The van der Waals surface area contributed by atoms with E-state index in [1.807, 2.05) is 6.92 Å². The fourth-order valence-electron chi connectivity index (χ4n) is 1.63. The zero-order valence-electron chi connectivity index (χ0n) is 9.81. The molecule has 0 bridgehead atoms. The lowest BCUT2D eigenvalue weighted by atomic mass is 9.84. The first-order chi connectivity index (χ1) is 6.36. The molecular formula is C13H20O. The van der Waals surface area contributed by atoms with Gasteiger partial charge in [0.15, 0.2) is 0 Å². The highest BCUT2D eigenvalue weighted by molar-refractivity contribution is 5.46. The van der Waals surface area contributed by atoms with Crippen molar-refractivity contribution in [3.63, 3.8) is 0 Å². The molecule has 0 unspecified atom stereocenters. The third kappa shape index (κ3) is 2.09. The van der Waals surface area contributed by atoms with Crippen LogP contribution in [0.3, 0.4) is 0 Å². The average molecular weight is 192 g/mol. The topological polar surface area (TPSA) is 20.2 Å². The number of phenols is 1. The minimum Gasteiger partial charge on any atom is -0.507 e. The number of phenolic OH excluding ortho intramolecular Hbond substituents is 1. The Labute approximate surface area is 86.8 Å². The van der Waals surface area contributed by atoms with Crippen molar-refractivity contribution >= 4 is 0 Å². The highest BCUT2D eigenvalue weighted by atomic mass is 16.3. The molecule has 78 valence electrons. The normalized spacial score (nSPS) is 11.8. The molecule has 1 N–H and O–H groups in total. The number of hydrogen-bond acceptors (Lipinski definition) is 1. The molecule has 1 nitrogen and oxygen atoms in total. The fraction of sp³-hybridized carbons (Fsp3) is 0.538. The first kappa shape index (κ1) is 11.1. The molecule has 1 aromatic rings. The molecular weight excluding hydrogens is 172 g/mol. The molecule has 0 radical (unpaired) electrons. The Morgan fingerprint density at radius 2 is 1.79 bits per heavy atom. The molecule has 0 aliphatic carbocycles. The van der Waals surface area contributed by atoms with Gasteiger partial charge in [-0.1, -0.05) is 39.8 Å². The fourth-order valence-corrected chi connectivity index (χ4v) is 1.63. The summed E-state index contributed by atoms with van der Waals surface area (Å²) in [5.74, 6) is 0.453. The van der Waals surface area contributed by atoms with Gasteiger partial charge in [-0.15, -0.1) is 0 Å². The van der Waals surface area contributed by atoms with Gasteiger partial charge in [-0.25, -0.2) is 0 Å². The minimum absolute atomic E-state index is 0.0139. The maximum Gasteiger partial charge on any atom is 0.122 e. The van der Waals surface area contributed by atoms with Gasteiger partial charge < -0.3 is 5.11 Å². The highest BCUT2D eigenvalue weighted by Gasteiger charge is 2.19. The number of aryl methyl sites for hydroxylation is 2. The second-order valence-corrected chi connectivity index (χ2v) is 4.91. The molecule has 1 heteroatoms. The monoisotopic (exact) mass is 192 g/mol. The molecule has 0 amide bonds. The smallest absolute Gasteiger partial charge is 0.122 e. The summed E-state index contributed by atoms with van der Waals surface area (Å²) in [4.78, 5) is 0. The van der Waals surface area contributed by atoms with Crippen molar-refractivity contribution in [3.05, 3.63) is 28.8 Å². The predicted molar refractivity (Wildman–Crippen MR) is 60.9 cm³/mol. The van der Waals surface area contributed by atoms with Crippen molar-refractivity contribution in [2.24, 2.45) is 0 Å². The first-order valence-electron chi connectivity index (χ1n) is 5.19. The van der Waals surface area contributed by atoms with E-state index in [0.29, 0.717) is 5.75 Å². The van der Waals surface area contributed by atoms with Crippen LogP contribution in [0.5, 0.6) is 5.75 Å². The van der Waals surface area contributed by atoms with Crippen LogP contribution in [0.4, 0.5) is 0 Å².